The van der Waals surface area contributed by atoms with Crippen molar-refractivity contribution in [1.29, 1.82) is 0 Å². The number of hydrogen-bond donors (Lipinski definition) is 2. The standard InChI is InChI=1S/C22H22ClN3O/c1-15-10-16(2)21(20(23)11-15)26-22(27)18-12-19(14-24-13-18)25-9-8-17-6-4-3-5-7-17/h3-7,10-14,25H,8-9H2,1-2H3,(H,26,27). The minimum Gasteiger partial charge on any atom is -0.383 e. The second-order valence-electron chi connectivity index (χ2n) is 6.52. The molecule has 5 heteroatoms. The fourth-order valence-electron chi connectivity index (χ4n) is 2.92. The van der Waals surface area contributed by atoms with Crippen LogP contribution in [0, 0.1) is 13.8 Å². The molecule has 27 heavy (non-hydrogen) atoms. The highest BCUT2D eigenvalue weighted by atomic mass is 35.5. The van der Waals surface area contributed by atoms with Crippen molar-refractivity contribution in [2.75, 3.05) is 17.2 Å². The van der Waals surface area contributed by atoms with E-state index in [9.17, 15) is 4.79 Å². The van der Waals surface area contributed by atoms with Crippen molar-refractivity contribution in [3.8, 4) is 0 Å². The van der Waals surface area contributed by atoms with Gasteiger partial charge in [0.25, 0.3) is 5.91 Å². The zero-order valence-corrected chi connectivity index (χ0v) is 16.2. The van der Waals surface area contributed by atoms with Gasteiger partial charge in [0.1, 0.15) is 0 Å². The molecule has 0 aliphatic rings. The molecule has 138 valence electrons. The molecule has 3 rings (SSSR count). The Hall–Kier alpha value is -2.85. The van der Waals surface area contributed by atoms with E-state index >= 15 is 0 Å². The van der Waals surface area contributed by atoms with Gasteiger partial charge in [-0.1, -0.05) is 48.0 Å². The Kier molecular flexibility index (Phi) is 6.09. The maximum Gasteiger partial charge on any atom is 0.257 e. The molecular formula is C22H22ClN3O. The van der Waals surface area contributed by atoms with Crippen LogP contribution >= 0.6 is 11.6 Å². The summed E-state index contributed by atoms with van der Waals surface area (Å²) in [5.41, 5.74) is 5.17. The minimum absolute atomic E-state index is 0.233. The molecule has 0 saturated heterocycles. The van der Waals surface area contributed by atoms with Crippen LogP contribution in [0.5, 0.6) is 0 Å². The van der Waals surface area contributed by atoms with E-state index in [4.69, 9.17) is 11.6 Å². The normalized spacial score (nSPS) is 10.5. The van der Waals surface area contributed by atoms with E-state index in [2.05, 4.69) is 27.8 Å². The van der Waals surface area contributed by atoms with Gasteiger partial charge >= 0.3 is 0 Å². The van der Waals surface area contributed by atoms with Crippen molar-refractivity contribution < 1.29 is 4.79 Å². The topological polar surface area (TPSA) is 54.0 Å². The van der Waals surface area contributed by atoms with Crippen LogP contribution in [-0.4, -0.2) is 17.4 Å². The zero-order chi connectivity index (χ0) is 19.2. The van der Waals surface area contributed by atoms with Crippen LogP contribution in [0.4, 0.5) is 11.4 Å². The van der Waals surface area contributed by atoms with Gasteiger partial charge in [-0.3, -0.25) is 9.78 Å². The third kappa shape index (κ3) is 5.08. The molecule has 0 radical (unpaired) electrons. The van der Waals surface area contributed by atoms with E-state index in [-0.39, 0.29) is 5.91 Å². The zero-order valence-electron chi connectivity index (χ0n) is 15.4. The lowest BCUT2D eigenvalue weighted by molar-refractivity contribution is 0.102. The minimum atomic E-state index is -0.233. The lowest BCUT2D eigenvalue weighted by Crippen LogP contribution is -2.14. The lowest BCUT2D eigenvalue weighted by Gasteiger charge is -2.12. The monoisotopic (exact) mass is 379 g/mol. The first-order chi connectivity index (χ1) is 13.0. The predicted octanol–water partition coefficient (Wildman–Crippen LogP) is 5.26. The van der Waals surface area contributed by atoms with E-state index in [1.807, 2.05) is 44.2 Å². The van der Waals surface area contributed by atoms with E-state index in [1.165, 1.54) is 5.56 Å². The lowest BCUT2D eigenvalue weighted by atomic mass is 10.1. The number of pyridine rings is 1. The van der Waals surface area contributed by atoms with Crippen LogP contribution < -0.4 is 10.6 Å². The van der Waals surface area contributed by atoms with Crippen molar-refractivity contribution in [3.05, 3.63) is 88.2 Å². The first kappa shape index (κ1) is 18.9. The number of benzene rings is 2. The average Bonchev–Trinajstić information content (AvgIpc) is 2.65. The summed E-state index contributed by atoms with van der Waals surface area (Å²) in [7, 11) is 0. The van der Waals surface area contributed by atoms with E-state index in [0.717, 1.165) is 29.8 Å². The van der Waals surface area contributed by atoms with Crippen molar-refractivity contribution in [2.45, 2.75) is 20.3 Å². The molecule has 0 fully saturated rings. The van der Waals surface area contributed by atoms with E-state index in [1.54, 1.807) is 18.5 Å². The second-order valence-corrected chi connectivity index (χ2v) is 6.92. The quantitative estimate of drug-likeness (QED) is 0.614. The summed E-state index contributed by atoms with van der Waals surface area (Å²) in [5, 5.41) is 6.74. The number of nitrogens with one attached hydrogen (secondary N) is 2. The number of halogens is 1. The molecule has 0 spiro atoms. The fourth-order valence-corrected chi connectivity index (χ4v) is 3.28. The fraction of sp³-hybridized carbons (Fsp3) is 0.182. The van der Waals surface area contributed by atoms with Crippen molar-refractivity contribution in [1.82, 2.24) is 4.98 Å². The highest BCUT2D eigenvalue weighted by Crippen LogP contribution is 2.27. The number of anilines is 2. The molecule has 0 saturated carbocycles. The molecule has 0 unspecified atom stereocenters. The van der Waals surface area contributed by atoms with Gasteiger partial charge in [-0.05, 0) is 49.1 Å². The molecule has 1 amide bonds. The van der Waals surface area contributed by atoms with Crippen LogP contribution in [0.1, 0.15) is 27.0 Å². The maximum atomic E-state index is 12.6. The predicted molar refractivity (Wildman–Crippen MR) is 112 cm³/mol. The highest BCUT2D eigenvalue weighted by molar-refractivity contribution is 6.34. The average molecular weight is 380 g/mol. The summed E-state index contributed by atoms with van der Waals surface area (Å²) in [6.45, 7) is 4.66. The smallest absolute Gasteiger partial charge is 0.257 e. The third-order valence-electron chi connectivity index (χ3n) is 4.26. The van der Waals surface area contributed by atoms with Crippen LogP contribution in [0.25, 0.3) is 0 Å². The SMILES string of the molecule is Cc1cc(C)c(NC(=O)c2cncc(NCCc3ccccc3)c2)c(Cl)c1. The second kappa shape index (κ2) is 8.69. The Morgan fingerprint density at radius 2 is 1.85 bits per heavy atom. The first-order valence-electron chi connectivity index (χ1n) is 8.84. The highest BCUT2D eigenvalue weighted by Gasteiger charge is 2.12. The Balaban J connectivity index is 1.65. The van der Waals surface area contributed by atoms with Gasteiger partial charge in [0.15, 0.2) is 0 Å². The molecule has 0 aliphatic heterocycles. The molecule has 3 aromatic rings. The number of nitrogens with zero attached hydrogens (tertiary/aromatic N) is 1. The summed E-state index contributed by atoms with van der Waals surface area (Å²) >= 11 is 6.28. The Labute approximate surface area is 164 Å². The van der Waals surface area contributed by atoms with Gasteiger partial charge < -0.3 is 10.6 Å². The van der Waals surface area contributed by atoms with Crippen LogP contribution in [0.2, 0.25) is 5.02 Å². The van der Waals surface area contributed by atoms with E-state index in [0.29, 0.717) is 16.3 Å². The number of aromatic nitrogens is 1. The van der Waals surface area contributed by atoms with Crippen LogP contribution in [0.15, 0.2) is 60.9 Å². The van der Waals surface area contributed by atoms with Gasteiger partial charge in [0.05, 0.1) is 22.0 Å². The molecule has 0 atom stereocenters. The summed E-state index contributed by atoms with van der Waals surface area (Å²) in [4.78, 5) is 16.8. The number of amides is 1. The first-order valence-corrected chi connectivity index (χ1v) is 9.21. The summed E-state index contributed by atoms with van der Waals surface area (Å²) < 4.78 is 0. The van der Waals surface area contributed by atoms with Gasteiger partial charge in [-0.2, -0.15) is 0 Å². The number of hydrogen-bond acceptors (Lipinski definition) is 3. The molecule has 1 aromatic heterocycles. The molecule has 4 nitrogen and oxygen atoms in total. The molecule has 1 heterocycles. The van der Waals surface area contributed by atoms with E-state index < -0.39 is 0 Å². The third-order valence-corrected chi connectivity index (χ3v) is 4.55. The van der Waals surface area contributed by atoms with Crippen LogP contribution in [-0.2, 0) is 6.42 Å². The molecule has 0 aliphatic carbocycles. The largest absolute Gasteiger partial charge is 0.383 e. The Bertz CT molecular complexity index is 918. The van der Waals surface area contributed by atoms with Crippen LogP contribution in [0.3, 0.4) is 0 Å². The van der Waals surface area contributed by atoms with Gasteiger partial charge in [0, 0.05) is 18.9 Å². The van der Waals surface area contributed by atoms with Crippen molar-refractivity contribution in [2.24, 2.45) is 0 Å². The Morgan fingerprint density at radius 1 is 1.07 bits per heavy atom. The van der Waals surface area contributed by atoms with Gasteiger partial charge in [0.2, 0.25) is 0 Å². The van der Waals surface area contributed by atoms with Crippen molar-refractivity contribution >= 4 is 28.9 Å². The summed E-state index contributed by atoms with van der Waals surface area (Å²) in [5.74, 6) is -0.233. The molecule has 0 bridgehead atoms. The number of aryl methyl sites for hydroxylation is 2. The van der Waals surface area contributed by atoms with Gasteiger partial charge in [-0.15, -0.1) is 0 Å². The Morgan fingerprint density at radius 3 is 2.59 bits per heavy atom. The number of rotatable bonds is 6. The molecular weight excluding hydrogens is 358 g/mol. The molecule has 2 N–H and O–H groups in total. The number of carbonyl (C=O) groups is 1. The maximum absolute atomic E-state index is 12.6. The molecule has 2 aromatic carbocycles. The summed E-state index contributed by atoms with van der Waals surface area (Å²) in [6, 6.07) is 15.9. The van der Waals surface area contributed by atoms with Gasteiger partial charge in [-0.25, -0.2) is 0 Å². The number of carbonyl (C=O) groups excluding carboxylic acids is 1. The summed E-state index contributed by atoms with van der Waals surface area (Å²) in [6.07, 6.45) is 4.16. The van der Waals surface area contributed by atoms with Crippen molar-refractivity contribution in [3.63, 3.8) is 0 Å².